The summed E-state index contributed by atoms with van der Waals surface area (Å²) in [5.74, 6) is 0.712. The van der Waals surface area contributed by atoms with Crippen molar-refractivity contribution in [2.24, 2.45) is 0 Å². The van der Waals surface area contributed by atoms with Gasteiger partial charge in [-0.2, -0.15) is 4.31 Å². The SMILES string of the molecule is COc1ccc(S(=O)(=O)N2CCC(NCc3cc4c(c5cc(OC)c(OC)cc35)C(=O)NC4=O)CC2)cc1. The van der Waals surface area contributed by atoms with E-state index < -0.39 is 21.8 Å². The molecule has 1 fully saturated rings. The van der Waals surface area contributed by atoms with Gasteiger partial charge in [-0.3, -0.25) is 14.9 Å². The van der Waals surface area contributed by atoms with Crippen molar-refractivity contribution >= 4 is 32.6 Å². The highest BCUT2D eigenvalue weighted by atomic mass is 32.2. The third-order valence-electron chi connectivity index (χ3n) is 7.16. The standard InChI is InChI=1S/C27H29N3O7S/c1-35-18-4-6-19(7-5-18)38(33,34)30-10-8-17(9-11-30)28-15-16-12-22-25(27(32)29-26(22)31)21-14-24(37-3)23(36-2)13-20(16)21/h4-7,12-14,17,28H,8-11,15H2,1-3H3,(H,29,31,32). The minimum atomic E-state index is -3.59. The maximum absolute atomic E-state index is 13.1. The summed E-state index contributed by atoms with van der Waals surface area (Å²) in [6, 6.07) is 11.7. The van der Waals surface area contributed by atoms with Crippen molar-refractivity contribution in [2.75, 3.05) is 34.4 Å². The van der Waals surface area contributed by atoms with Gasteiger partial charge in [0, 0.05) is 25.7 Å². The van der Waals surface area contributed by atoms with Crippen LogP contribution in [0.4, 0.5) is 0 Å². The highest BCUT2D eigenvalue weighted by molar-refractivity contribution is 7.89. The number of sulfonamides is 1. The Balaban J connectivity index is 1.34. The predicted molar refractivity (Wildman–Crippen MR) is 140 cm³/mol. The molecule has 2 amide bonds. The van der Waals surface area contributed by atoms with Gasteiger partial charge in [-0.15, -0.1) is 0 Å². The molecule has 0 spiro atoms. The molecular formula is C27H29N3O7S. The second-order valence-corrected chi connectivity index (χ2v) is 11.2. The first kappa shape index (κ1) is 26.0. The summed E-state index contributed by atoms with van der Waals surface area (Å²) in [6.45, 7) is 1.20. The van der Waals surface area contributed by atoms with E-state index in [-0.39, 0.29) is 10.9 Å². The number of nitrogens with one attached hydrogen (secondary N) is 2. The molecule has 2 heterocycles. The third-order valence-corrected chi connectivity index (χ3v) is 9.07. The molecule has 3 aromatic rings. The minimum Gasteiger partial charge on any atom is -0.497 e. The summed E-state index contributed by atoms with van der Waals surface area (Å²) < 4.78 is 43.7. The smallest absolute Gasteiger partial charge is 0.259 e. The maximum atomic E-state index is 13.1. The first-order valence-corrected chi connectivity index (χ1v) is 13.7. The number of carbonyl (C=O) groups is 2. The fourth-order valence-electron chi connectivity index (χ4n) is 5.07. The molecule has 0 radical (unpaired) electrons. The maximum Gasteiger partial charge on any atom is 0.259 e. The van der Waals surface area contributed by atoms with Crippen molar-refractivity contribution in [2.45, 2.75) is 30.3 Å². The van der Waals surface area contributed by atoms with Crippen LogP contribution in [0.2, 0.25) is 0 Å². The van der Waals surface area contributed by atoms with Crippen molar-refractivity contribution in [1.29, 1.82) is 0 Å². The van der Waals surface area contributed by atoms with Gasteiger partial charge in [0.2, 0.25) is 10.0 Å². The Kier molecular flexibility index (Phi) is 6.99. The normalized spacial score (nSPS) is 16.4. The van der Waals surface area contributed by atoms with E-state index >= 15 is 0 Å². The zero-order chi connectivity index (χ0) is 27.0. The largest absolute Gasteiger partial charge is 0.497 e. The number of methoxy groups -OCH3 is 3. The fraction of sp³-hybridized carbons (Fsp3) is 0.333. The number of fused-ring (bicyclic) bond motifs is 3. The minimum absolute atomic E-state index is 0.0798. The Morgan fingerprint density at radius 1 is 0.895 bits per heavy atom. The average Bonchev–Trinajstić information content (AvgIpc) is 3.23. The molecule has 38 heavy (non-hydrogen) atoms. The molecule has 1 saturated heterocycles. The summed E-state index contributed by atoms with van der Waals surface area (Å²) in [5, 5.41) is 7.27. The zero-order valence-corrected chi connectivity index (χ0v) is 22.2. The van der Waals surface area contributed by atoms with Crippen LogP contribution in [-0.2, 0) is 16.6 Å². The molecular weight excluding hydrogens is 510 g/mol. The fourth-order valence-corrected chi connectivity index (χ4v) is 6.54. The average molecular weight is 540 g/mol. The molecule has 2 N–H and O–H groups in total. The number of amides is 2. The van der Waals surface area contributed by atoms with E-state index in [1.807, 2.05) is 6.07 Å². The van der Waals surface area contributed by atoms with E-state index in [2.05, 4.69) is 10.6 Å². The van der Waals surface area contributed by atoms with E-state index in [9.17, 15) is 18.0 Å². The van der Waals surface area contributed by atoms with Gasteiger partial charge >= 0.3 is 0 Å². The summed E-state index contributed by atoms with van der Waals surface area (Å²) in [6.07, 6.45) is 1.27. The Morgan fingerprint density at radius 2 is 1.53 bits per heavy atom. The van der Waals surface area contributed by atoms with E-state index in [0.29, 0.717) is 66.2 Å². The summed E-state index contributed by atoms with van der Waals surface area (Å²) >= 11 is 0. The molecule has 0 saturated carbocycles. The van der Waals surface area contributed by atoms with Crippen molar-refractivity contribution in [1.82, 2.24) is 14.9 Å². The van der Waals surface area contributed by atoms with E-state index in [1.165, 1.54) is 18.5 Å². The van der Waals surface area contributed by atoms with Gasteiger partial charge in [0.1, 0.15) is 5.75 Å². The van der Waals surface area contributed by atoms with Gasteiger partial charge in [0.15, 0.2) is 11.5 Å². The van der Waals surface area contributed by atoms with Gasteiger partial charge in [0.05, 0.1) is 37.4 Å². The molecule has 5 rings (SSSR count). The van der Waals surface area contributed by atoms with Crippen molar-refractivity contribution in [3.05, 3.63) is 59.2 Å². The number of piperidine rings is 1. The Hall–Kier alpha value is -3.67. The lowest BCUT2D eigenvalue weighted by Gasteiger charge is -2.32. The van der Waals surface area contributed by atoms with Crippen LogP contribution in [-0.4, -0.2) is 65.0 Å². The van der Waals surface area contributed by atoms with E-state index in [1.54, 1.807) is 43.5 Å². The van der Waals surface area contributed by atoms with Crippen LogP contribution in [0, 0.1) is 0 Å². The van der Waals surface area contributed by atoms with Gasteiger partial charge < -0.3 is 19.5 Å². The Labute approximate surface area is 220 Å². The number of benzene rings is 3. The molecule has 11 heteroatoms. The van der Waals surface area contributed by atoms with Crippen LogP contribution in [0.15, 0.2) is 47.4 Å². The molecule has 200 valence electrons. The van der Waals surface area contributed by atoms with Crippen LogP contribution in [0.3, 0.4) is 0 Å². The summed E-state index contributed by atoms with van der Waals surface area (Å²) in [5.41, 5.74) is 1.48. The lowest BCUT2D eigenvalue weighted by Crippen LogP contribution is -2.44. The zero-order valence-electron chi connectivity index (χ0n) is 21.4. The quantitative estimate of drug-likeness (QED) is 0.419. The monoisotopic (exact) mass is 539 g/mol. The van der Waals surface area contributed by atoms with Gasteiger partial charge in [-0.25, -0.2) is 8.42 Å². The van der Waals surface area contributed by atoms with Gasteiger partial charge in [0.25, 0.3) is 11.8 Å². The highest BCUT2D eigenvalue weighted by Gasteiger charge is 2.32. The number of imide groups is 1. The molecule has 2 aliphatic rings. The van der Waals surface area contributed by atoms with Crippen molar-refractivity contribution in [3.8, 4) is 17.2 Å². The number of ether oxygens (including phenoxy) is 3. The molecule has 0 aromatic heterocycles. The number of rotatable bonds is 8. The molecule has 0 aliphatic carbocycles. The molecule has 0 bridgehead atoms. The van der Waals surface area contributed by atoms with Gasteiger partial charge in [-0.1, -0.05) is 0 Å². The number of carbonyl (C=O) groups excluding carboxylic acids is 2. The molecule has 2 aliphatic heterocycles. The lowest BCUT2D eigenvalue weighted by molar-refractivity contribution is 0.0880. The van der Waals surface area contributed by atoms with Crippen LogP contribution in [0.5, 0.6) is 17.2 Å². The van der Waals surface area contributed by atoms with Crippen LogP contribution >= 0.6 is 0 Å². The number of hydrogen-bond donors (Lipinski definition) is 2. The van der Waals surface area contributed by atoms with Crippen LogP contribution in [0.1, 0.15) is 39.1 Å². The van der Waals surface area contributed by atoms with Crippen molar-refractivity contribution < 1.29 is 32.2 Å². The number of hydrogen-bond acceptors (Lipinski definition) is 8. The first-order chi connectivity index (χ1) is 18.3. The molecule has 0 atom stereocenters. The Bertz CT molecular complexity index is 1510. The molecule has 3 aromatic carbocycles. The predicted octanol–water partition coefficient (Wildman–Crippen LogP) is 2.69. The molecule has 10 nitrogen and oxygen atoms in total. The van der Waals surface area contributed by atoms with Crippen LogP contribution in [0.25, 0.3) is 10.8 Å². The summed E-state index contributed by atoms with van der Waals surface area (Å²) in [4.78, 5) is 25.2. The first-order valence-electron chi connectivity index (χ1n) is 12.2. The second-order valence-electron chi connectivity index (χ2n) is 9.23. The topological polar surface area (TPSA) is 123 Å². The summed E-state index contributed by atoms with van der Waals surface area (Å²) in [7, 11) is 1.00. The second kappa shape index (κ2) is 10.2. The lowest BCUT2D eigenvalue weighted by atomic mass is 9.94. The van der Waals surface area contributed by atoms with E-state index in [4.69, 9.17) is 14.2 Å². The third kappa shape index (κ3) is 4.57. The highest BCUT2D eigenvalue weighted by Crippen LogP contribution is 2.38. The molecule has 0 unspecified atom stereocenters. The number of nitrogens with zero attached hydrogens (tertiary/aromatic N) is 1. The van der Waals surface area contributed by atoms with Crippen molar-refractivity contribution in [3.63, 3.8) is 0 Å². The van der Waals surface area contributed by atoms with Gasteiger partial charge in [-0.05, 0) is 71.6 Å². The Morgan fingerprint density at radius 3 is 2.13 bits per heavy atom. The van der Waals surface area contributed by atoms with E-state index in [0.717, 1.165) is 10.9 Å². The van der Waals surface area contributed by atoms with Crippen LogP contribution < -0.4 is 24.8 Å².